The maximum absolute atomic E-state index is 12.1. The average Bonchev–Trinajstić information content (AvgIpc) is 3.16. The van der Waals surface area contributed by atoms with Gasteiger partial charge < -0.3 is 20.1 Å². The zero-order chi connectivity index (χ0) is 14.2. The Bertz CT molecular complexity index is 295. The van der Waals surface area contributed by atoms with Gasteiger partial charge in [0.1, 0.15) is 0 Å². The largest absolute Gasteiger partial charge is 0.381 e. The summed E-state index contributed by atoms with van der Waals surface area (Å²) in [6.07, 6.45) is 4.61. The molecule has 5 heteroatoms. The van der Waals surface area contributed by atoms with Crippen LogP contribution in [-0.4, -0.2) is 51.5 Å². The van der Waals surface area contributed by atoms with Crippen LogP contribution in [0.5, 0.6) is 0 Å². The van der Waals surface area contributed by atoms with E-state index in [0.29, 0.717) is 19.8 Å². The van der Waals surface area contributed by atoms with Gasteiger partial charge in [-0.2, -0.15) is 0 Å². The van der Waals surface area contributed by atoms with Gasteiger partial charge in [0, 0.05) is 25.8 Å². The fraction of sp³-hybridized carbons (Fsp3) is 0.933. The third-order valence-electron chi connectivity index (χ3n) is 3.89. The summed E-state index contributed by atoms with van der Waals surface area (Å²) in [6, 6.07) is 0.168. The third kappa shape index (κ3) is 5.38. The highest BCUT2D eigenvalue weighted by Crippen LogP contribution is 2.28. The Morgan fingerprint density at radius 1 is 1.30 bits per heavy atom. The van der Waals surface area contributed by atoms with E-state index in [1.807, 2.05) is 0 Å². The first kappa shape index (κ1) is 15.7. The first-order valence-corrected chi connectivity index (χ1v) is 7.97. The van der Waals surface area contributed by atoms with Crippen molar-refractivity contribution < 1.29 is 14.3 Å². The van der Waals surface area contributed by atoms with Crippen LogP contribution < -0.4 is 10.6 Å². The van der Waals surface area contributed by atoms with Crippen LogP contribution in [0, 0.1) is 11.8 Å². The fourth-order valence-corrected chi connectivity index (χ4v) is 2.40. The topological polar surface area (TPSA) is 59.6 Å². The molecule has 1 amide bonds. The van der Waals surface area contributed by atoms with Crippen LogP contribution in [0.4, 0.5) is 0 Å². The summed E-state index contributed by atoms with van der Waals surface area (Å²) in [5, 5.41) is 6.38. The van der Waals surface area contributed by atoms with Gasteiger partial charge in [-0.1, -0.05) is 6.92 Å². The average molecular weight is 284 g/mol. The molecule has 2 fully saturated rings. The molecule has 0 aromatic rings. The van der Waals surface area contributed by atoms with Crippen LogP contribution in [0.25, 0.3) is 0 Å². The summed E-state index contributed by atoms with van der Waals surface area (Å²) >= 11 is 0. The number of nitrogens with one attached hydrogen (secondary N) is 2. The smallest absolute Gasteiger partial charge is 0.227 e. The molecule has 1 heterocycles. The number of hydrogen-bond donors (Lipinski definition) is 2. The number of carbonyl (C=O) groups is 1. The molecule has 2 rings (SSSR count). The SMILES string of the molecule is CCCNC1COCC1C(=O)NCCCOCC1CC1. The molecule has 5 nitrogen and oxygen atoms in total. The second-order valence-electron chi connectivity index (χ2n) is 5.87. The molecular formula is C15H28N2O3. The number of hydrogen-bond acceptors (Lipinski definition) is 4. The predicted molar refractivity (Wildman–Crippen MR) is 77.6 cm³/mol. The lowest BCUT2D eigenvalue weighted by Crippen LogP contribution is -2.44. The van der Waals surface area contributed by atoms with Crippen molar-refractivity contribution in [1.82, 2.24) is 10.6 Å². The van der Waals surface area contributed by atoms with Crippen molar-refractivity contribution in [3.63, 3.8) is 0 Å². The van der Waals surface area contributed by atoms with E-state index in [4.69, 9.17) is 9.47 Å². The zero-order valence-corrected chi connectivity index (χ0v) is 12.5. The summed E-state index contributed by atoms with van der Waals surface area (Å²) < 4.78 is 11.0. The first-order valence-electron chi connectivity index (χ1n) is 7.97. The summed E-state index contributed by atoms with van der Waals surface area (Å²) in [7, 11) is 0. The Hall–Kier alpha value is -0.650. The molecule has 0 spiro atoms. The van der Waals surface area contributed by atoms with E-state index in [9.17, 15) is 4.79 Å². The summed E-state index contributed by atoms with van der Waals surface area (Å²) in [6.45, 7) is 6.57. The van der Waals surface area contributed by atoms with Gasteiger partial charge in [-0.05, 0) is 38.1 Å². The van der Waals surface area contributed by atoms with E-state index in [1.54, 1.807) is 0 Å². The second-order valence-corrected chi connectivity index (χ2v) is 5.87. The molecular weight excluding hydrogens is 256 g/mol. The van der Waals surface area contributed by atoms with Gasteiger partial charge in [0.05, 0.1) is 19.1 Å². The first-order chi connectivity index (χ1) is 9.81. The van der Waals surface area contributed by atoms with Crippen LogP contribution >= 0.6 is 0 Å². The van der Waals surface area contributed by atoms with E-state index in [2.05, 4.69) is 17.6 Å². The summed E-state index contributed by atoms with van der Waals surface area (Å²) in [5.74, 6) is 0.873. The number of ether oxygens (including phenoxy) is 2. The lowest BCUT2D eigenvalue weighted by molar-refractivity contribution is -0.125. The van der Waals surface area contributed by atoms with Crippen LogP contribution in [0.1, 0.15) is 32.6 Å². The minimum Gasteiger partial charge on any atom is -0.381 e. The van der Waals surface area contributed by atoms with Crippen molar-refractivity contribution in [3.05, 3.63) is 0 Å². The number of rotatable bonds is 10. The van der Waals surface area contributed by atoms with E-state index >= 15 is 0 Å². The molecule has 0 radical (unpaired) electrons. The normalized spacial score (nSPS) is 25.9. The predicted octanol–water partition coefficient (Wildman–Crippen LogP) is 0.934. The Morgan fingerprint density at radius 2 is 2.15 bits per heavy atom. The third-order valence-corrected chi connectivity index (χ3v) is 3.89. The van der Waals surface area contributed by atoms with Gasteiger partial charge in [0.2, 0.25) is 5.91 Å². The van der Waals surface area contributed by atoms with Gasteiger partial charge in [0.25, 0.3) is 0 Å². The van der Waals surface area contributed by atoms with Gasteiger partial charge >= 0.3 is 0 Å². The minimum absolute atomic E-state index is 0.0473. The number of amides is 1. The van der Waals surface area contributed by atoms with E-state index in [-0.39, 0.29) is 17.9 Å². The monoisotopic (exact) mass is 284 g/mol. The van der Waals surface area contributed by atoms with Crippen molar-refractivity contribution in [2.24, 2.45) is 11.8 Å². The molecule has 1 saturated carbocycles. The van der Waals surface area contributed by atoms with E-state index < -0.39 is 0 Å². The highest BCUT2D eigenvalue weighted by atomic mass is 16.5. The minimum atomic E-state index is -0.0473. The maximum atomic E-state index is 12.1. The second kappa shape index (κ2) is 8.60. The van der Waals surface area contributed by atoms with E-state index in [1.165, 1.54) is 12.8 Å². The van der Waals surface area contributed by atoms with Crippen LogP contribution in [0.3, 0.4) is 0 Å². The quantitative estimate of drug-likeness (QED) is 0.586. The van der Waals surface area contributed by atoms with Crippen molar-refractivity contribution >= 4 is 5.91 Å². The highest BCUT2D eigenvalue weighted by Gasteiger charge is 2.33. The molecule has 116 valence electrons. The fourth-order valence-electron chi connectivity index (χ4n) is 2.40. The van der Waals surface area contributed by atoms with Crippen LogP contribution in [0.2, 0.25) is 0 Å². The zero-order valence-electron chi connectivity index (χ0n) is 12.5. The van der Waals surface area contributed by atoms with Gasteiger partial charge in [0.15, 0.2) is 0 Å². The Kier molecular flexibility index (Phi) is 6.76. The molecule has 0 aromatic carbocycles. The molecule has 2 unspecified atom stereocenters. The molecule has 2 N–H and O–H groups in total. The van der Waals surface area contributed by atoms with Crippen LogP contribution in [-0.2, 0) is 14.3 Å². The Balaban J connectivity index is 1.53. The van der Waals surface area contributed by atoms with Crippen molar-refractivity contribution in [2.75, 3.05) is 39.5 Å². The Morgan fingerprint density at radius 3 is 2.90 bits per heavy atom. The molecule has 1 aliphatic carbocycles. The van der Waals surface area contributed by atoms with Crippen LogP contribution in [0.15, 0.2) is 0 Å². The van der Waals surface area contributed by atoms with Gasteiger partial charge in [-0.25, -0.2) is 0 Å². The molecule has 2 aliphatic rings. The molecule has 0 bridgehead atoms. The molecule has 2 atom stereocenters. The van der Waals surface area contributed by atoms with Crippen molar-refractivity contribution in [2.45, 2.75) is 38.6 Å². The van der Waals surface area contributed by atoms with E-state index in [0.717, 1.165) is 38.5 Å². The summed E-state index contributed by atoms with van der Waals surface area (Å²) in [5.41, 5.74) is 0. The molecule has 1 aliphatic heterocycles. The molecule has 20 heavy (non-hydrogen) atoms. The van der Waals surface area contributed by atoms with Gasteiger partial charge in [-0.3, -0.25) is 4.79 Å². The molecule has 0 aromatic heterocycles. The van der Waals surface area contributed by atoms with Crippen molar-refractivity contribution in [1.29, 1.82) is 0 Å². The highest BCUT2D eigenvalue weighted by molar-refractivity contribution is 5.79. The summed E-state index contributed by atoms with van der Waals surface area (Å²) in [4.78, 5) is 12.1. The lowest BCUT2D eigenvalue weighted by Gasteiger charge is -2.18. The molecule has 1 saturated heterocycles. The number of carbonyl (C=O) groups excluding carboxylic acids is 1. The lowest BCUT2D eigenvalue weighted by atomic mass is 10.0. The van der Waals surface area contributed by atoms with Crippen molar-refractivity contribution in [3.8, 4) is 0 Å². The van der Waals surface area contributed by atoms with Gasteiger partial charge in [-0.15, -0.1) is 0 Å². The Labute approximate surface area is 121 Å². The standard InChI is InChI=1S/C15H28N2O3/c1-2-6-16-14-11-20-10-13(14)15(18)17-7-3-8-19-9-12-4-5-12/h12-14,16H,2-11H2,1H3,(H,17,18). The maximum Gasteiger partial charge on any atom is 0.227 e.